The highest BCUT2D eigenvalue weighted by atomic mass is 16.6. The van der Waals surface area contributed by atoms with Crippen LogP contribution in [-0.4, -0.2) is 37.2 Å². The molecule has 0 saturated carbocycles. The Balaban J connectivity index is 4.43. The maximum Gasteiger partial charge on any atom is 0.306 e. The van der Waals surface area contributed by atoms with Crippen LogP contribution in [0.5, 0.6) is 0 Å². The van der Waals surface area contributed by atoms with Crippen molar-refractivity contribution < 1.29 is 28.6 Å². The van der Waals surface area contributed by atoms with E-state index >= 15 is 0 Å². The minimum Gasteiger partial charge on any atom is -0.462 e. The number of carbonyl (C=O) groups is 3. The molecule has 0 aliphatic heterocycles. The molecule has 0 N–H and O–H groups in total. The number of hydrogen-bond acceptors (Lipinski definition) is 6. The highest BCUT2D eigenvalue weighted by Crippen LogP contribution is 2.15. The second-order valence-corrected chi connectivity index (χ2v) is 22.0. The van der Waals surface area contributed by atoms with Gasteiger partial charge in [0, 0.05) is 19.3 Å². The smallest absolute Gasteiger partial charge is 0.306 e. The fraction of sp³-hybridized carbons (Fsp3) is 0.623. The Bertz CT molecular complexity index is 1840. The minimum atomic E-state index is -0.812. The largest absolute Gasteiger partial charge is 0.462 e. The van der Waals surface area contributed by atoms with Crippen LogP contribution in [0, 0.1) is 0 Å². The Morgan fingerprint density at radius 2 is 0.470 bits per heavy atom. The summed E-state index contributed by atoms with van der Waals surface area (Å²) in [6.07, 6.45) is 101. The molecule has 0 aliphatic rings. The predicted molar refractivity (Wildman–Crippen MR) is 362 cm³/mol. The molecule has 0 spiro atoms. The van der Waals surface area contributed by atoms with E-state index in [1.54, 1.807) is 0 Å². The molecule has 83 heavy (non-hydrogen) atoms. The van der Waals surface area contributed by atoms with Crippen LogP contribution in [0.3, 0.4) is 0 Å². The topological polar surface area (TPSA) is 78.9 Å². The van der Waals surface area contributed by atoms with Crippen molar-refractivity contribution in [3.05, 3.63) is 158 Å². The van der Waals surface area contributed by atoms with Gasteiger partial charge in [0.15, 0.2) is 6.10 Å². The highest BCUT2D eigenvalue weighted by molar-refractivity contribution is 5.71. The highest BCUT2D eigenvalue weighted by Gasteiger charge is 2.19. The molecule has 0 heterocycles. The van der Waals surface area contributed by atoms with Gasteiger partial charge < -0.3 is 14.2 Å². The first-order valence-corrected chi connectivity index (χ1v) is 34.0. The van der Waals surface area contributed by atoms with Crippen molar-refractivity contribution in [1.29, 1.82) is 0 Å². The SMILES string of the molecule is CC/C=C\C/C=C\C/C=C\C/C=C\C/C=C\C/C=C\C/C=C\CCCCCCCCCC(=O)OCC(COC(=O)CCCC/C=C\C/C=C\C/C=C\C/C=C\CC)OC(=O)CCCCCCCCCCC/C=C\C/C=C\CCCCCCC. The van der Waals surface area contributed by atoms with Crippen molar-refractivity contribution in [3.63, 3.8) is 0 Å². The third kappa shape index (κ3) is 67.7. The van der Waals surface area contributed by atoms with Gasteiger partial charge in [0.25, 0.3) is 0 Å². The molecule has 0 fully saturated rings. The first-order chi connectivity index (χ1) is 41.0. The van der Waals surface area contributed by atoms with E-state index in [4.69, 9.17) is 14.2 Å². The second kappa shape index (κ2) is 69.5. The zero-order valence-electron chi connectivity index (χ0n) is 53.7. The van der Waals surface area contributed by atoms with Gasteiger partial charge >= 0.3 is 17.9 Å². The Labute approximate surface area is 511 Å². The molecule has 468 valence electrons. The normalized spacial score (nSPS) is 13.1. The van der Waals surface area contributed by atoms with Gasteiger partial charge in [-0.25, -0.2) is 0 Å². The van der Waals surface area contributed by atoms with Crippen molar-refractivity contribution in [1.82, 2.24) is 0 Å². The third-order valence-corrected chi connectivity index (χ3v) is 14.0. The number of rotatable bonds is 60. The first-order valence-electron chi connectivity index (χ1n) is 34.0. The molecule has 0 aromatic heterocycles. The summed E-state index contributed by atoms with van der Waals surface area (Å²) in [7, 11) is 0. The fourth-order valence-corrected chi connectivity index (χ4v) is 8.97. The van der Waals surface area contributed by atoms with Crippen LogP contribution >= 0.6 is 0 Å². The molecule has 0 saturated heterocycles. The molecular formula is C77H124O6. The summed E-state index contributed by atoms with van der Waals surface area (Å²) in [5.41, 5.74) is 0. The molecule has 0 aromatic carbocycles. The summed E-state index contributed by atoms with van der Waals surface area (Å²) < 4.78 is 16.9. The summed E-state index contributed by atoms with van der Waals surface area (Å²) in [4.78, 5) is 38.4. The Hall–Kier alpha value is -4.97. The Morgan fingerprint density at radius 3 is 0.759 bits per heavy atom. The van der Waals surface area contributed by atoms with E-state index in [-0.39, 0.29) is 31.1 Å². The van der Waals surface area contributed by atoms with E-state index in [9.17, 15) is 14.4 Å². The summed E-state index contributed by atoms with van der Waals surface area (Å²) in [5, 5.41) is 0. The number of allylic oxidation sites excluding steroid dienone is 26. The van der Waals surface area contributed by atoms with E-state index < -0.39 is 6.10 Å². The predicted octanol–water partition coefficient (Wildman–Crippen LogP) is 23.7. The Morgan fingerprint density at radius 1 is 0.253 bits per heavy atom. The standard InChI is InChI=1S/C77H124O6/c1-4-7-10-13-16-19-22-25-28-30-32-34-35-36-37-38-39-40-41-43-44-46-49-52-55-58-61-64-67-70-76(79)82-73-74(72-81-75(78)69-66-63-60-57-54-51-48-27-24-21-18-15-12-9-6-3)83-77(80)71-68-65-62-59-56-53-50-47-45-42-33-31-29-26-23-20-17-14-11-8-5-2/h7,9-10,12,16,18-19,21,23,25-28,31-34,36-37,39-40,43-44,48,54,57,74H,4-6,8,11,13-15,17,20,22,24,29-30,35,38,41-42,45-47,49-53,55-56,58-73H2,1-3H3/b10-7-,12-9-,19-16-,21-18-,26-23-,28-25-,33-31-,34-32-,37-36-,40-39-,44-43-,48-27-,57-54-. The lowest BCUT2D eigenvalue weighted by atomic mass is 10.1. The summed E-state index contributed by atoms with van der Waals surface area (Å²) in [6, 6.07) is 0. The van der Waals surface area contributed by atoms with Crippen LogP contribution in [0.2, 0.25) is 0 Å². The zero-order valence-corrected chi connectivity index (χ0v) is 53.7. The molecule has 0 amide bonds. The van der Waals surface area contributed by atoms with Crippen LogP contribution in [0.1, 0.15) is 290 Å². The van der Waals surface area contributed by atoms with E-state index in [1.165, 1.54) is 109 Å². The van der Waals surface area contributed by atoms with Crippen LogP contribution in [0.4, 0.5) is 0 Å². The third-order valence-electron chi connectivity index (χ3n) is 14.0. The lowest BCUT2D eigenvalue weighted by molar-refractivity contribution is -0.167. The van der Waals surface area contributed by atoms with Crippen LogP contribution in [0.15, 0.2) is 158 Å². The van der Waals surface area contributed by atoms with Crippen molar-refractivity contribution >= 4 is 17.9 Å². The van der Waals surface area contributed by atoms with Gasteiger partial charge in [-0.05, 0) is 148 Å². The Kier molecular flexibility index (Phi) is 65.4. The van der Waals surface area contributed by atoms with Gasteiger partial charge in [0.05, 0.1) is 0 Å². The maximum atomic E-state index is 12.9. The molecule has 1 atom stereocenters. The number of esters is 3. The average Bonchev–Trinajstić information content (AvgIpc) is 3.49. The molecule has 0 aliphatic carbocycles. The molecule has 0 rings (SSSR count). The van der Waals surface area contributed by atoms with Gasteiger partial charge in [0.1, 0.15) is 13.2 Å². The van der Waals surface area contributed by atoms with Gasteiger partial charge in [-0.15, -0.1) is 0 Å². The van der Waals surface area contributed by atoms with Crippen molar-refractivity contribution in [3.8, 4) is 0 Å². The van der Waals surface area contributed by atoms with Crippen molar-refractivity contribution in [2.75, 3.05) is 13.2 Å². The fourth-order valence-electron chi connectivity index (χ4n) is 8.97. The number of ether oxygens (including phenoxy) is 3. The monoisotopic (exact) mass is 1140 g/mol. The van der Waals surface area contributed by atoms with E-state index in [2.05, 4.69) is 179 Å². The van der Waals surface area contributed by atoms with Gasteiger partial charge in [0.2, 0.25) is 0 Å². The zero-order chi connectivity index (χ0) is 59.9. The summed E-state index contributed by atoms with van der Waals surface area (Å²) in [6.45, 7) is 6.36. The number of hydrogen-bond donors (Lipinski definition) is 0. The molecule has 6 nitrogen and oxygen atoms in total. The lowest BCUT2D eigenvalue weighted by Gasteiger charge is -2.18. The minimum absolute atomic E-state index is 0.105. The molecule has 1 unspecified atom stereocenters. The first kappa shape index (κ1) is 78.0. The van der Waals surface area contributed by atoms with E-state index in [0.29, 0.717) is 25.7 Å². The van der Waals surface area contributed by atoms with Crippen molar-refractivity contribution in [2.45, 2.75) is 297 Å². The van der Waals surface area contributed by atoms with Crippen LogP contribution in [-0.2, 0) is 28.6 Å². The summed E-state index contributed by atoms with van der Waals surface area (Å²) in [5.74, 6) is -0.961. The maximum absolute atomic E-state index is 12.9. The molecular weight excluding hydrogens is 1020 g/mol. The lowest BCUT2D eigenvalue weighted by Crippen LogP contribution is -2.30. The van der Waals surface area contributed by atoms with Gasteiger partial charge in [-0.2, -0.15) is 0 Å². The number of unbranched alkanes of at least 4 members (excludes halogenated alkanes) is 23. The number of carbonyl (C=O) groups excluding carboxylic acids is 3. The van der Waals surface area contributed by atoms with E-state index in [1.807, 2.05) is 0 Å². The quantitative estimate of drug-likeness (QED) is 0.0261. The molecule has 0 bridgehead atoms. The molecule has 0 radical (unpaired) electrons. The van der Waals surface area contributed by atoms with Gasteiger partial charge in [-0.3, -0.25) is 14.4 Å². The molecule has 6 heteroatoms. The molecule has 0 aromatic rings. The average molecular weight is 1150 g/mol. The summed E-state index contributed by atoms with van der Waals surface area (Å²) >= 11 is 0. The van der Waals surface area contributed by atoms with Crippen LogP contribution in [0.25, 0.3) is 0 Å². The second-order valence-electron chi connectivity index (χ2n) is 22.0. The van der Waals surface area contributed by atoms with Crippen LogP contribution < -0.4 is 0 Å². The van der Waals surface area contributed by atoms with E-state index in [0.717, 1.165) is 135 Å². The van der Waals surface area contributed by atoms with Gasteiger partial charge in [-0.1, -0.05) is 281 Å². The van der Waals surface area contributed by atoms with Crippen molar-refractivity contribution in [2.24, 2.45) is 0 Å².